The van der Waals surface area contributed by atoms with Crippen molar-refractivity contribution in [2.45, 2.75) is 12.3 Å². The van der Waals surface area contributed by atoms with Crippen molar-refractivity contribution >= 4 is 40.9 Å². The zero-order valence-electron chi connectivity index (χ0n) is 12.1. The van der Waals surface area contributed by atoms with Crippen LogP contribution in [0.25, 0.3) is 0 Å². The molecule has 2 N–H and O–H groups in total. The Morgan fingerprint density at radius 2 is 1.78 bits per heavy atom. The predicted octanol–water partition coefficient (Wildman–Crippen LogP) is 2.44. The number of carbonyl (C=O) groups excluding carboxylic acids is 2. The highest BCUT2D eigenvalue weighted by atomic mass is 32.2. The van der Waals surface area contributed by atoms with Crippen molar-refractivity contribution < 1.29 is 14.5 Å². The van der Waals surface area contributed by atoms with E-state index in [4.69, 9.17) is 5.73 Å². The number of nitro benzene ring substituents is 1. The molecule has 1 amide bonds. The van der Waals surface area contributed by atoms with Crippen molar-refractivity contribution in [2.75, 3.05) is 11.5 Å². The second kappa shape index (κ2) is 6.37. The molecule has 0 bridgehead atoms. The third kappa shape index (κ3) is 3.28. The van der Waals surface area contributed by atoms with Gasteiger partial charge in [0.15, 0.2) is 5.78 Å². The molecule has 23 heavy (non-hydrogen) atoms. The van der Waals surface area contributed by atoms with Gasteiger partial charge in [0, 0.05) is 29.6 Å². The lowest BCUT2D eigenvalue weighted by atomic mass is 10.0. The molecule has 1 saturated heterocycles. The van der Waals surface area contributed by atoms with Crippen molar-refractivity contribution in [2.24, 2.45) is 11.7 Å². The summed E-state index contributed by atoms with van der Waals surface area (Å²) in [4.78, 5) is 34.5. The lowest BCUT2D eigenvalue weighted by Gasteiger charge is -2.06. The summed E-state index contributed by atoms with van der Waals surface area (Å²) in [5, 5.41) is 10.7. The zero-order valence-corrected chi connectivity index (χ0v) is 13.7. The van der Waals surface area contributed by atoms with Gasteiger partial charge in [0.2, 0.25) is 0 Å². The van der Waals surface area contributed by atoms with Crippen LogP contribution in [0, 0.1) is 16.0 Å². The standard InChI is InChI=1S/C15H14N2O4S2/c16-14(19)12(15-22-5-6-23-15)13(18)11-7-10(11)8-1-3-9(4-2-8)17(20)21/h1-4,10-11H,5-7H2,(H2,16,19). The Kier molecular flexibility index (Phi) is 4.45. The molecule has 6 nitrogen and oxygen atoms in total. The third-order valence-electron chi connectivity index (χ3n) is 3.91. The van der Waals surface area contributed by atoms with E-state index in [-0.39, 0.29) is 28.9 Å². The van der Waals surface area contributed by atoms with Gasteiger partial charge in [-0.15, -0.1) is 23.5 Å². The summed E-state index contributed by atoms with van der Waals surface area (Å²) < 4.78 is 0.733. The van der Waals surface area contributed by atoms with Crippen molar-refractivity contribution in [3.05, 3.63) is 49.8 Å². The average Bonchev–Trinajstić information content (AvgIpc) is 3.15. The Bertz CT molecular complexity index is 707. The third-order valence-corrected chi connectivity index (χ3v) is 6.62. The largest absolute Gasteiger partial charge is 0.365 e. The van der Waals surface area contributed by atoms with E-state index < -0.39 is 10.8 Å². The summed E-state index contributed by atoms with van der Waals surface area (Å²) in [6, 6.07) is 6.22. The van der Waals surface area contributed by atoms with Gasteiger partial charge in [-0.1, -0.05) is 12.1 Å². The second-order valence-corrected chi connectivity index (χ2v) is 7.85. The molecule has 3 rings (SSSR count). The van der Waals surface area contributed by atoms with Crippen LogP contribution in [0.15, 0.2) is 34.1 Å². The maximum Gasteiger partial charge on any atom is 0.269 e. The summed E-state index contributed by atoms with van der Waals surface area (Å²) >= 11 is 3.00. The van der Waals surface area contributed by atoms with E-state index >= 15 is 0 Å². The predicted molar refractivity (Wildman–Crippen MR) is 90.1 cm³/mol. The number of nitro groups is 1. The summed E-state index contributed by atoms with van der Waals surface area (Å²) in [7, 11) is 0. The molecule has 1 saturated carbocycles. The first-order valence-corrected chi connectivity index (χ1v) is 9.04. The number of rotatable bonds is 5. The summed E-state index contributed by atoms with van der Waals surface area (Å²) in [6.45, 7) is 0. The number of thioether (sulfide) groups is 2. The van der Waals surface area contributed by atoms with Crippen LogP contribution < -0.4 is 5.73 Å². The Labute approximate surface area is 141 Å². The zero-order chi connectivity index (χ0) is 16.6. The van der Waals surface area contributed by atoms with E-state index in [1.165, 1.54) is 35.7 Å². The van der Waals surface area contributed by atoms with Gasteiger partial charge in [0.1, 0.15) is 5.57 Å². The molecule has 2 fully saturated rings. The Hall–Kier alpha value is -1.80. The molecule has 2 atom stereocenters. The summed E-state index contributed by atoms with van der Waals surface area (Å²) in [6.07, 6.45) is 0.649. The number of benzene rings is 1. The number of ketones is 1. The number of primary amides is 1. The van der Waals surface area contributed by atoms with Crippen LogP contribution in [0.4, 0.5) is 5.69 Å². The minimum Gasteiger partial charge on any atom is -0.365 e. The number of amides is 1. The highest BCUT2D eigenvalue weighted by Gasteiger charge is 2.46. The molecule has 1 aromatic carbocycles. The number of Topliss-reactive ketones (excluding diaryl/α,β-unsaturated/α-hetero) is 1. The molecule has 2 unspecified atom stereocenters. The van der Waals surface area contributed by atoms with E-state index in [1.807, 2.05) is 0 Å². The van der Waals surface area contributed by atoms with Gasteiger partial charge in [0.05, 0.1) is 9.16 Å². The fraction of sp³-hybridized carbons (Fsp3) is 0.333. The number of non-ortho nitro benzene ring substituents is 1. The van der Waals surface area contributed by atoms with E-state index in [0.29, 0.717) is 6.42 Å². The summed E-state index contributed by atoms with van der Waals surface area (Å²) in [5.41, 5.74) is 6.44. The number of carbonyl (C=O) groups is 2. The second-order valence-electron chi connectivity index (χ2n) is 5.39. The van der Waals surface area contributed by atoms with Gasteiger partial charge in [-0.05, 0) is 17.9 Å². The molecule has 1 heterocycles. The molecule has 1 aliphatic heterocycles. The fourth-order valence-corrected chi connectivity index (χ4v) is 5.22. The van der Waals surface area contributed by atoms with E-state index in [0.717, 1.165) is 21.3 Å². The highest BCUT2D eigenvalue weighted by molar-refractivity contribution is 8.25. The average molecular weight is 350 g/mol. The quantitative estimate of drug-likeness (QED) is 0.288. The van der Waals surface area contributed by atoms with Crippen LogP contribution in [-0.4, -0.2) is 28.1 Å². The van der Waals surface area contributed by atoms with Crippen molar-refractivity contribution in [3.8, 4) is 0 Å². The smallest absolute Gasteiger partial charge is 0.269 e. The molecule has 0 radical (unpaired) electrons. The monoisotopic (exact) mass is 350 g/mol. The van der Waals surface area contributed by atoms with Crippen LogP contribution in [0.5, 0.6) is 0 Å². The SMILES string of the molecule is NC(=O)C(C(=O)C1CC1c1ccc([N+](=O)[O-])cc1)=C1SCCS1. The highest BCUT2D eigenvalue weighted by Crippen LogP contribution is 2.51. The maximum absolute atomic E-state index is 12.6. The topological polar surface area (TPSA) is 103 Å². The van der Waals surface area contributed by atoms with Crippen molar-refractivity contribution in [3.63, 3.8) is 0 Å². The first-order valence-electron chi connectivity index (χ1n) is 7.07. The van der Waals surface area contributed by atoms with Crippen molar-refractivity contribution in [1.29, 1.82) is 0 Å². The van der Waals surface area contributed by atoms with Gasteiger partial charge in [0.25, 0.3) is 11.6 Å². The maximum atomic E-state index is 12.6. The van der Waals surface area contributed by atoms with E-state index in [2.05, 4.69) is 0 Å². The number of hydrogen-bond donors (Lipinski definition) is 1. The first-order chi connectivity index (χ1) is 11.0. The normalized spacial score (nSPS) is 22.7. The van der Waals surface area contributed by atoms with Crippen LogP contribution in [-0.2, 0) is 9.59 Å². The van der Waals surface area contributed by atoms with Crippen LogP contribution >= 0.6 is 23.5 Å². The molecule has 1 aromatic rings. The van der Waals surface area contributed by atoms with Crippen LogP contribution in [0.2, 0.25) is 0 Å². The van der Waals surface area contributed by atoms with E-state index in [9.17, 15) is 19.7 Å². The fourth-order valence-electron chi connectivity index (χ4n) is 2.66. The molecule has 1 aliphatic carbocycles. The van der Waals surface area contributed by atoms with E-state index in [1.54, 1.807) is 12.1 Å². The molecule has 120 valence electrons. The number of hydrogen-bond acceptors (Lipinski definition) is 6. The molecule has 8 heteroatoms. The lowest BCUT2D eigenvalue weighted by Crippen LogP contribution is -2.23. The van der Waals surface area contributed by atoms with Gasteiger partial charge in [-0.2, -0.15) is 0 Å². The minimum atomic E-state index is -0.666. The molecular weight excluding hydrogens is 336 g/mol. The summed E-state index contributed by atoms with van der Waals surface area (Å²) in [5.74, 6) is 0.642. The molecule has 2 aliphatic rings. The lowest BCUT2D eigenvalue weighted by molar-refractivity contribution is -0.384. The van der Waals surface area contributed by atoms with Gasteiger partial charge < -0.3 is 5.73 Å². The molecule has 0 spiro atoms. The van der Waals surface area contributed by atoms with Gasteiger partial charge in [-0.25, -0.2) is 0 Å². The Morgan fingerprint density at radius 3 is 2.30 bits per heavy atom. The first kappa shape index (κ1) is 16.1. The number of nitrogens with two attached hydrogens (primary N) is 1. The number of nitrogens with zero attached hydrogens (tertiary/aromatic N) is 1. The van der Waals surface area contributed by atoms with Crippen LogP contribution in [0.1, 0.15) is 17.9 Å². The van der Waals surface area contributed by atoms with Gasteiger partial charge >= 0.3 is 0 Å². The molecular formula is C15H14N2O4S2. The molecule has 0 aromatic heterocycles. The Morgan fingerprint density at radius 1 is 1.17 bits per heavy atom. The van der Waals surface area contributed by atoms with Gasteiger partial charge in [-0.3, -0.25) is 19.7 Å². The Balaban J connectivity index is 1.76. The minimum absolute atomic E-state index is 0.00894. The van der Waals surface area contributed by atoms with Crippen molar-refractivity contribution in [1.82, 2.24) is 0 Å². The van der Waals surface area contributed by atoms with Crippen LogP contribution in [0.3, 0.4) is 0 Å².